The average Bonchev–Trinajstić information content (AvgIpc) is 2.68. The predicted octanol–water partition coefficient (Wildman–Crippen LogP) is 4.49. The number of unbranched alkanes of at least 4 members (excludes halogenated alkanes) is 2. The summed E-state index contributed by atoms with van der Waals surface area (Å²) < 4.78 is 0. The standard InChI is InChI=1S/C21H31N5O/c1-5-8-9-12-22-20-14-19(23-15-24-20)21(27)25-18-11-10-17(13-16(18)4)26(6-2)7-3/h10-11,13-15H,5-9,12H2,1-4H3,(H,25,27)(H,22,23,24). The Hall–Kier alpha value is -2.63. The van der Waals surface area contributed by atoms with E-state index in [1.807, 2.05) is 19.1 Å². The Morgan fingerprint density at radius 2 is 1.85 bits per heavy atom. The van der Waals surface area contributed by atoms with Gasteiger partial charge in [-0.05, 0) is 51.0 Å². The van der Waals surface area contributed by atoms with Crippen molar-refractivity contribution in [2.45, 2.75) is 47.0 Å². The van der Waals surface area contributed by atoms with Crippen LogP contribution in [-0.2, 0) is 0 Å². The van der Waals surface area contributed by atoms with Crippen LogP contribution in [0.25, 0.3) is 0 Å². The Morgan fingerprint density at radius 3 is 2.52 bits per heavy atom. The highest BCUT2D eigenvalue weighted by Gasteiger charge is 2.12. The molecule has 1 aromatic carbocycles. The molecule has 0 bridgehead atoms. The van der Waals surface area contributed by atoms with E-state index in [1.165, 1.54) is 19.2 Å². The Bertz CT molecular complexity index is 743. The first-order valence-electron chi connectivity index (χ1n) is 9.81. The molecule has 0 saturated heterocycles. The van der Waals surface area contributed by atoms with Gasteiger partial charge in [0, 0.05) is 37.1 Å². The number of nitrogens with zero attached hydrogens (tertiary/aromatic N) is 3. The van der Waals surface area contributed by atoms with Gasteiger partial charge in [0.1, 0.15) is 17.8 Å². The van der Waals surface area contributed by atoms with Gasteiger partial charge in [0.15, 0.2) is 0 Å². The predicted molar refractivity (Wildman–Crippen MR) is 113 cm³/mol. The number of carbonyl (C=O) groups excluding carboxylic acids is 1. The second-order valence-corrected chi connectivity index (χ2v) is 6.55. The van der Waals surface area contributed by atoms with E-state index in [0.717, 1.165) is 43.0 Å². The van der Waals surface area contributed by atoms with E-state index in [9.17, 15) is 4.79 Å². The van der Waals surface area contributed by atoms with Crippen LogP contribution in [0, 0.1) is 6.92 Å². The third-order valence-electron chi connectivity index (χ3n) is 4.57. The van der Waals surface area contributed by atoms with Crippen LogP contribution in [0.5, 0.6) is 0 Å². The minimum Gasteiger partial charge on any atom is -0.372 e. The van der Waals surface area contributed by atoms with Crippen LogP contribution in [0.3, 0.4) is 0 Å². The number of hydrogen-bond donors (Lipinski definition) is 2. The summed E-state index contributed by atoms with van der Waals surface area (Å²) in [4.78, 5) is 23.2. The molecule has 1 amide bonds. The van der Waals surface area contributed by atoms with Crippen molar-refractivity contribution in [3.63, 3.8) is 0 Å². The summed E-state index contributed by atoms with van der Waals surface area (Å²) >= 11 is 0. The zero-order valence-electron chi connectivity index (χ0n) is 16.9. The van der Waals surface area contributed by atoms with Gasteiger partial charge in [-0.1, -0.05) is 19.8 Å². The minimum atomic E-state index is -0.229. The number of aryl methyl sites for hydroxylation is 1. The topological polar surface area (TPSA) is 70.2 Å². The van der Waals surface area contributed by atoms with Crippen LogP contribution in [-0.4, -0.2) is 35.5 Å². The maximum absolute atomic E-state index is 12.6. The first-order valence-corrected chi connectivity index (χ1v) is 9.81. The third kappa shape index (κ3) is 5.94. The largest absolute Gasteiger partial charge is 0.372 e. The van der Waals surface area contributed by atoms with Crippen molar-refractivity contribution in [1.29, 1.82) is 0 Å². The molecule has 0 fully saturated rings. The van der Waals surface area contributed by atoms with E-state index >= 15 is 0 Å². The lowest BCUT2D eigenvalue weighted by atomic mass is 10.1. The van der Waals surface area contributed by atoms with E-state index in [0.29, 0.717) is 11.5 Å². The highest BCUT2D eigenvalue weighted by atomic mass is 16.1. The van der Waals surface area contributed by atoms with Crippen molar-refractivity contribution in [3.05, 3.63) is 41.9 Å². The summed E-state index contributed by atoms with van der Waals surface area (Å²) in [7, 11) is 0. The maximum atomic E-state index is 12.6. The first kappa shape index (κ1) is 20.7. The number of hydrogen-bond acceptors (Lipinski definition) is 5. The number of nitrogens with one attached hydrogen (secondary N) is 2. The van der Waals surface area contributed by atoms with E-state index in [1.54, 1.807) is 6.07 Å². The highest BCUT2D eigenvalue weighted by molar-refractivity contribution is 6.03. The van der Waals surface area contributed by atoms with Crippen LogP contribution in [0.1, 0.15) is 56.1 Å². The SMILES string of the molecule is CCCCCNc1cc(C(=O)Nc2ccc(N(CC)CC)cc2C)ncn1. The van der Waals surface area contributed by atoms with Crippen molar-refractivity contribution >= 4 is 23.1 Å². The van der Waals surface area contributed by atoms with Gasteiger partial charge in [-0.15, -0.1) is 0 Å². The minimum absolute atomic E-state index is 0.229. The number of anilines is 3. The van der Waals surface area contributed by atoms with E-state index in [4.69, 9.17) is 0 Å². The molecule has 27 heavy (non-hydrogen) atoms. The van der Waals surface area contributed by atoms with Crippen LogP contribution < -0.4 is 15.5 Å². The van der Waals surface area contributed by atoms with Gasteiger partial charge < -0.3 is 15.5 Å². The zero-order valence-corrected chi connectivity index (χ0v) is 16.9. The molecule has 0 saturated carbocycles. The summed E-state index contributed by atoms with van der Waals surface area (Å²) in [5, 5.41) is 6.20. The van der Waals surface area contributed by atoms with Crippen molar-refractivity contribution in [2.24, 2.45) is 0 Å². The normalized spacial score (nSPS) is 10.5. The molecule has 2 rings (SSSR count). The number of aromatic nitrogens is 2. The summed E-state index contributed by atoms with van der Waals surface area (Å²) in [6.45, 7) is 11.2. The Morgan fingerprint density at radius 1 is 1.07 bits per heavy atom. The Balaban J connectivity index is 2.04. The molecule has 1 aromatic heterocycles. The zero-order chi connectivity index (χ0) is 19.6. The average molecular weight is 370 g/mol. The fourth-order valence-corrected chi connectivity index (χ4v) is 2.93. The van der Waals surface area contributed by atoms with Gasteiger partial charge in [0.25, 0.3) is 5.91 Å². The molecule has 0 unspecified atom stereocenters. The van der Waals surface area contributed by atoms with Gasteiger partial charge >= 0.3 is 0 Å². The summed E-state index contributed by atoms with van der Waals surface area (Å²) in [5.41, 5.74) is 3.35. The Kier molecular flexibility index (Phi) is 8.04. The molecule has 0 aliphatic carbocycles. The van der Waals surface area contributed by atoms with Crippen molar-refractivity contribution < 1.29 is 4.79 Å². The van der Waals surface area contributed by atoms with E-state index in [2.05, 4.69) is 52.3 Å². The second-order valence-electron chi connectivity index (χ2n) is 6.55. The van der Waals surface area contributed by atoms with Crippen LogP contribution in [0.2, 0.25) is 0 Å². The van der Waals surface area contributed by atoms with Gasteiger partial charge in [0.2, 0.25) is 0 Å². The number of amides is 1. The molecule has 0 aliphatic rings. The van der Waals surface area contributed by atoms with E-state index in [-0.39, 0.29) is 5.91 Å². The molecule has 1 heterocycles. The molecule has 0 spiro atoms. The lowest BCUT2D eigenvalue weighted by molar-refractivity contribution is 0.102. The first-order chi connectivity index (χ1) is 13.1. The van der Waals surface area contributed by atoms with Crippen molar-refractivity contribution in [3.8, 4) is 0 Å². The number of rotatable bonds is 10. The van der Waals surface area contributed by atoms with Gasteiger partial charge in [-0.2, -0.15) is 0 Å². The highest BCUT2D eigenvalue weighted by Crippen LogP contribution is 2.23. The van der Waals surface area contributed by atoms with Gasteiger partial charge in [-0.3, -0.25) is 4.79 Å². The lowest BCUT2D eigenvalue weighted by Gasteiger charge is -2.22. The van der Waals surface area contributed by atoms with Crippen LogP contribution in [0.15, 0.2) is 30.6 Å². The van der Waals surface area contributed by atoms with Crippen LogP contribution >= 0.6 is 0 Å². The van der Waals surface area contributed by atoms with Crippen molar-refractivity contribution in [2.75, 3.05) is 35.2 Å². The summed E-state index contributed by atoms with van der Waals surface area (Å²) in [6.07, 6.45) is 4.85. The summed E-state index contributed by atoms with van der Waals surface area (Å²) in [6, 6.07) is 7.78. The molecule has 0 atom stereocenters. The fraction of sp³-hybridized carbons (Fsp3) is 0.476. The maximum Gasteiger partial charge on any atom is 0.274 e. The summed E-state index contributed by atoms with van der Waals surface area (Å²) in [5.74, 6) is 0.451. The molecular weight excluding hydrogens is 338 g/mol. The van der Waals surface area contributed by atoms with Gasteiger partial charge in [-0.25, -0.2) is 9.97 Å². The molecule has 6 nitrogen and oxygen atoms in total. The lowest BCUT2D eigenvalue weighted by Crippen LogP contribution is -2.22. The fourth-order valence-electron chi connectivity index (χ4n) is 2.93. The molecular formula is C21H31N5O. The number of benzene rings is 1. The second kappa shape index (κ2) is 10.5. The molecule has 0 aliphatic heterocycles. The molecule has 6 heteroatoms. The van der Waals surface area contributed by atoms with Gasteiger partial charge in [0.05, 0.1) is 0 Å². The molecule has 146 valence electrons. The van der Waals surface area contributed by atoms with Crippen molar-refractivity contribution in [1.82, 2.24) is 9.97 Å². The number of carbonyl (C=O) groups is 1. The molecule has 2 N–H and O–H groups in total. The Labute approximate surface area is 162 Å². The molecule has 2 aromatic rings. The third-order valence-corrected chi connectivity index (χ3v) is 4.57. The quantitative estimate of drug-likeness (QED) is 0.604. The van der Waals surface area contributed by atoms with Crippen LogP contribution in [0.4, 0.5) is 17.2 Å². The molecule has 0 radical (unpaired) electrons. The van der Waals surface area contributed by atoms with E-state index < -0.39 is 0 Å². The smallest absolute Gasteiger partial charge is 0.274 e. The monoisotopic (exact) mass is 369 g/mol.